The molecule has 0 aliphatic heterocycles. The number of amides is 2. The molecule has 1 unspecified atom stereocenters. The Morgan fingerprint density at radius 1 is 0.889 bits per heavy atom. The molecular formula is C27H27N3O4S2. The zero-order valence-electron chi connectivity index (χ0n) is 20.0. The van der Waals surface area contributed by atoms with Gasteiger partial charge in [0.05, 0.1) is 4.88 Å². The molecule has 0 saturated carbocycles. The van der Waals surface area contributed by atoms with Crippen LogP contribution in [0.15, 0.2) is 78.9 Å². The van der Waals surface area contributed by atoms with Crippen molar-refractivity contribution in [2.24, 2.45) is 0 Å². The van der Waals surface area contributed by atoms with E-state index in [1.807, 2.05) is 60.7 Å². The third-order valence-electron chi connectivity index (χ3n) is 5.38. The molecule has 0 fully saturated rings. The zero-order valence-corrected chi connectivity index (χ0v) is 21.7. The van der Waals surface area contributed by atoms with Gasteiger partial charge in [0.15, 0.2) is 0 Å². The van der Waals surface area contributed by atoms with Crippen LogP contribution in [0.5, 0.6) is 5.75 Å². The Labute approximate surface area is 216 Å². The maximum absolute atomic E-state index is 12.5. The molecule has 0 aliphatic rings. The van der Waals surface area contributed by atoms with Gasteiger partial charge in [0.2, 0.25) is 0 Å². The number of hydrogen-bond acceptors (Lipinski definition) is 5. The van der Waals surface area contributed by atoms with Crippen molar-refractivity contribution in [2.45, 2.75) is 6.42 Å². The van der Waals surface area contributed by atoms with E-state index in [0.717, 1.165) is 21.2 Å². The molecule has 1 aromatic heterocycles. The topological polar surface area (TPSA) is 87.7 Å². The van der Waals surface area contributed by atoms with Crippen molar-refractivity contribution >= 4 is 44.5 Å². The summed E-state index contributed by atoms with van der Waals surface area (Å²) in [5.41, 5.74) is 2.17. The van der Waals surface area contributed by atoms with Gasteiger partial charge in [0.25, 0.3) is 23.1 Å². The van der Waals surface area contributed by atoms with E-state index < -0.39 is 11.3 Å². The summed E-state index contributed by atoms with van der Waals surface area (Å²) in [5, 5.41) is 6.85. The second kappa shape index (κ2) is 11.9. The van der Waals surface area contributed by atoms with Gasteiger partial charge in [-0.25, -0.2) is 0 Å². The van der Waals surface area contributed by atoms with Crippen LogP contribution < -0.4 is 14.8 Å². The molecule has 4 rings (SSSR count). The zero-order chi connectivity index (χ0) is 25.5. The Bertz CT molecular complexity index is 1350. The lowest BCUT2D eigenvalue weighted by Gasteiger charge is -2.13. The lowest BCUT2D eigenvalue weighted by Crippen LogP contribution is -2.29. The first-order chi connectivity index (χ1) is 17.4. The van der Waals surface area contributed by atoms with Gasteiger partial charge in [-0.05, 0) is 47.7 Å². The number of hydrogen-bond donors (Lipinski definition) is 2. The normalized spacial score (nSPS) is 11.9. The molecule has 2 amide bonds. The predicted octanol–water partition coefficient (Wildman–Crippen LogP) is 4.64. The van der Waals surface area contributed by atoms with Gasteiger partial charge >= 0.3 is 0 Å². The van der Waals surface area contributed by atoms with E-state index in [-0.39, 0.29) is 11.8 Å². The molecule has 0 bridgehead atoms. The third-order valence-corrected chi connectivity index (χ3v) is 7.41. The van der Waals surface area contributed by atoms with Crippen molar-refractivity contribution in [3.05, 3.63) is 89.3 Å². The van der Waals surface area contributed by atoms with Crippen LogP contribution >= 0.6 is 11.3 Å². The Hall–Kier alpha value is -3.53. The van der Waals surface area contributed by atoms with E-state index in [9.17, 15) is 13.8 Å². The fraction of sp³-hybridized carbons (Fsp3) is 0.185. The number of nitrogens with zero attached hydrogens (tertiary/aromatic N) is 1. The van der Waals surface area contributed by atoms with Gasteiger partial charge in [0, 0.05) is 43.0 Å². The van der Waals surface area contributed by atoms with Crippen LogP contribution in [0.25, 0.3) is 21.2 Å². The minimum absolute atomic E-state index is 0.100. The summed E-state index contributed by atoms with van der Waals surface area (Å²) in [6, 6.07) is 24.3. The van der Waals surface area contributed by atoms with Crippen LogP contribution in [0.3, 0.4) is 0 Å². The second-order valence-corrected chi connectivity index (χ2v) is 10.6. The lowest BCUT2D eigenvalue weighted by atomic mass is 10.0. The average Bonchev–Trinajstić information content (AvgIpc) is 3.33. The minimum atomic E-state index is -1.60. The predicted molar refractivity (Wildman–Crippen MR) is 145 cm³/mol. The standard InChI is InChI=1S/C27H27N3O4S2/c1-30(2)36(33)34-23-10-5-4-9-22(23)19-12-14-20(15-13-19)26(31)28-16-7-17-29-27(32)25-18-21-8-3-6-11-24(21)35-25/h3-6,8-15,18H,7,16-17H2,1-2H3,(H,28,31)(H,29,32). The minimum Gasteiger partial charge on any atom is -0.388 e. The molecule has 186 valence electrons. The number of fused-ring (bicyclic) bond motifs is 1. The number of rotatable bonds is 10. The van der Waals surface area contributed by atoms with Crippen molar-refractivity contribution in [1.29, 1.82) is 0 Å². The number of benzene rings is 3. The summed E-state index contributed by atoms with van der Waals surface area (Å²) >= 11 is -0.130. The molecule has 0 aliphatic carbocycles. The molecule has 0 spiro atoms. The molecular weight excluding hydrogens is 494 g/mol. The van der Waals surface area contributed by atoms with Gasteiger partial charge in [-0.3, -0.25) is 9.59 Å². The van der Waals surface area contributed by atoms with Gasteiger partial charge in [-0.15, -0.1) is 11.3 Å². The van der Waals surface area contributed by atoms with E-state index in [1.54, 1.807) is 32.3 Å². The first-order valence-electron chi connectivity index (χ1n) is 11.4. The smallest absolute Gasteiger partial charge is 0.290 e. The maximum atomic E-state index is 12.5. The largest absolute Gasteiger partial charge is 0.388 e. The van der Waals surface area contributed by atoms with Crippen LogP contribution in [0.1, 0.15) is 26.5 Å². The van der Waals surface area contributed by atoms with E-state index in [1.165, 1.54) is 15.6 Å². The van der Waals surface area contributed by atoms with Crippen molar-refractivity contribution in [2.75, 3.05) is 27.2 Å². The van der Waals surface area contributed by atoms with Crippen LogP contribution in [0.4, 0.5) is 0 Å². The number of thiophene rings is 1. The van der Waals surface area contributed by atoms with Gasteiger partial charge in [-0.2, -0.15) is 8.51 Å². The molecule has 0 saturated heterocycles. The van der Waals surface area contributed by atoms with Crippen LogP contribution in [0, 0.1) is 0 Å². The number of para-hydroxylation sites is 1. The second-order valence-electron chi connectivity index (χ2n) is 8.20. The molecule has 9 heteroatoms. The first kappa shape index (κ1) is 25.6. The molecule has 1 heterocycles. The highest BCUT2D eigenvalue weighted by Gasteiger charge is 2.13. The lowest BCUT2D eigenvalue weighted by molar-refractivity contribution is 0.0953. The van der Waals surface area contributed by atoms with Gasteiger partial charge in [-0.1, -0.05) is 48.5 Å². The van der Waals surface area contributed by atoms with Gasteiger partial charge in [0.1, 0.15) is 5.75 Å². The quantitative estimate of drug-likeness (QED) is 0.298. The van der Waals surface area contributed by atoms with Crippen molar-refractivity contribution in [1.82, 2.24) is 14.9 Å². The molecule has 3 aromatic carbocycles. The summed E-state index contributed by atoms with van der Waals surface area (Å²) in [5.74, 6) is 0.215. The molecule has 2 N–H and O–H groups in total. The van der Waals surface area contributed by atoms with Crippen molar-refractivity contribution in [3.8, 4) is 16.9 Å². The number of carbonyl (C=O) groups is 2. The van der Waals surface area contributed by atoms with Crippen LogP contribution in [-0.2, 0) is 11.3 Å². The maximum Gasteiger partial charge on any atom is 0.290 e. The highest BCUT2D eigenvalue weighted by molar-refractivity contribution is 7.78. The molecule has 4 aromatic rings. The van der Waals surface area contributed by atoms with E-state index in [0.29, 0.717) is 35.7 Å². The molecule has 36 heavy (non-hydrogen) atoms. The molecule has 1 atom stereocenters. The van der Waals surface area contributed by atoms with Gasteiger partial charge < -0.3 is 14.8 Å². The summed E-state index contributed by atoms with van der Waals surface area (Å²) < 4.78 is 20.2. The highest BCUT2D eigenvalue weighted by atomic mass is 32.2. The summed E-state index contributed by atoms with van der Waals surface area (Å²) in [4.78, 5) is 25.6. The Balaban J connectivity index is 1.26. The number of carbonyl (C=O) groups excluding carboxylic acids is 2. The van der Waals surface area contributed by atoms with Crippen LogP contribution in [-0.4, -0.2) is 47.5 Å². The highest BCUT2D eigenvalue weighted by Crippen LogP contribution is 2.30. The monoisotopic (exact) mass is 521 g/mol. The molecule has 7 nitrogen and oxygen atoms in total. The van der Waals surface area contributed by atoms with E-state index in [2.05, 4.69) is 10.6 Å². The van der Waals surface area contributed by atoms with Crippen molar-refractivity contribution < 1.29 is 18.0 Å². The Morgan fingerprint density at radius 3 is 2.28 bits per heavy atom. The summed E-state index contributed by atoms with van der Waals surface area (Å²) in [6.07, 6.45) is 0.619. The van der Waals surface area contributed by atoms with Crippen LogP contribution in [0.2, 0.25) is 0 Å². The Morgan fingerprint density at radius 2 is 1.56 bits per heavy atom. The fourth-order valence-electron chi connectivity index (χ4n) is 3.51. The van der Waals surface area contributed by atoms with Crippen molar-refractivity contribution in [3.63, 3.8) is 0 Å². The van der Waals surface area contributed by atoms with E-state index >= 15 is 0 Å². The fourth-order valence-corrected chi connectivity index (χ4v) is 4.93. The summed E-state index contributed by atoms with van der Waals surface area (Å²) in [6.45, 7) is 0.914. The average molecular weight is 522 g/mol. The Kier molecular flexibility index (Phi) is 8.48. The van der Waals surface area contributed by atoms with E-state index in [4.69, 9.17) is 4.18 Å². The SMILES string of the molecule is CN(C)S(=O)Oc1ccccc1-c1ccc(C(=O)NCCCNC(=O)c2cc3ccccc3s2)cc1. The number of nitrogens with one attached hydrogen (secondary N) is 2. The molecule has 0 radical (unpaired) electrons. The summed E-state index contributed by atoms with van der Waals surface area (Å²) in [7, 11) is 3.34. The third kappa shape index (κ3) is 6.37. The first-order valence-corrected chi connectivity index (χ1v) is 13.3.